The van der Waals surface area contributed by atoms with Crippen LogP contribution in [0.15, 0.2) is 24.3 Å². The summed E-state index contributed by atoms with van der Waals surface area (Å²) in [4.78, 5) is 11.9. The van der Waals surface area contributed by atoms with Gasteiger partial charge in [0, 0.05) is 18.5 Å². The summed E-state index contributed by atoms with van der Waals surface area (Å²) in [6.45, 7) is 5.42. The molecule has 1 aromatic rings. The van der Waals surface area contributed by atoms with E-state index in [4.69, 9.17) is 4.74 Å². The van der Waals surface area contributed by atoms with Crippen molar-refractivity contribution in [1.82, 2.24) is 5.32 Å². The Labute approximate surface area is 140 Å². The highest BCUT2D eigenvalue weighted by Crippen LogP contribution is 2.32. The van der Waals surface area contributed by atoms with E-state index in [1.807, 2.05) is 0 Å². The zero-order valence-electron chi connectivity index (χ0n) is 14.2. The van der Waals surface area contributed by atoms with Gasteiger partial charge in [-0.1, -0.05) is 12.1 Å². The molecule has 1 N–H and O–H groups in total. The third-order valence-electron chi connectivity index (χ3n) is 3.71. The highest BCUT2D eigenvalue weighted by molar-refractivity contribution is 5.69. The molecular formula is C18H24F3NO2. The van der Waals surface area contributed by atoms with Crippen LogP contribution in [0, 0.1) is 0 Å². The Balaban J connectivity index is 2.01. The first-order chi connectivity index (χ1) is 11.0. The number of carbonyl (C=O) groups excluding carboxylic acids is 1. The number of alkyl halides is 3. The number of nitrogens with one attached hydrogen (secondary N) is 1. The standard InChI is InChI=1S/C18H24F3NO2/c1-17(2,3)24-16(23)11-10-15(22-14-8-9-14)12-4-6-13(7-5-12)18(19,20)21/h4-7,14-15,22H,8-11H2,1-3H3. The third-order valence-corrected chi connectivity index (χ3v) is 3.71. The van der Waals surface area contributed by atoms with Crippen LogP contribution in [0.2, 0.25) is 0 Å². The lowest BCUT2D eigenvalue weighted by Gasteiger charge is -2.22. The van der Waals surface area contributed by atoms with E-state index in [2.05, 4.69) is 5.32 Å². The Morgan fingerprint density at radius 2 is 1.79 bits per heavy atom. The molecule has 134 valence electrons. The monoisotopic (exact) mass is 343 g/mol. The van der Waals surface area contributed by atoms with Gasteiger partial charge in [-0.25, -0.2) is 0 Å². The van der Waals surface area contributed by atoms with E-state index >= 15 is 0 Å². The van der Waals surface area contributed by atoms with Crippen LogP contribution in [0.4, 0.5) is 13.2 Å². The van der Waals surface area contributed by atoms with Gasteiger partial charge in [0.2, 0.25) is 0 Å². The van der Waals surface area contributed by atoms with Crippen molar-refractivity contribution in [3.63, 3.8) is 0 Å². The van der Waals surface area contributed by atoms with Crippen LogP contribution >= 0.6 is 0 Å². The fourth-order valence-electron chi connectivity index (χ4n) is 2.44. The predicted octanol–water partition coefficient (Wildman–Crippen LogP) is 4.62. The van der Waals surface area contributed by atoms with E-state index in [1.165, 1.54) is 12.1 Å². The lowest BCUT2D eigenvalue weighted by molar-refractivity contribution is -0.155. The quantitative estimate of drug-likeness (QED) is 0.766. The van der Waals surface area contributed by atoms with Gasteiger partial charge in [-0.05, 0) is 57.7 Å². The van der Waals surface area contributed by atoms with E-state index < -0.39 is 17.3 Å². The lowest BCUT2D eigenvalue weighted by atomic mass is 10.00. The molecule has 1 aliphatic rings. The van der Waals surface area contributed by atoms with Crippen molar-refractivity contribution in [2.75, 3.05) is 0 Å². The normalized spacial score (nSPS) is 16.8. The predicted molar refractivity (Wildman–Crippen MR) is 85.4 cm³/mol. The molecule has 2 rings (SSSR count). The molecule has 1 saturated carbocycles. The Morgan fingerprint density at radius 3 is 2.25 bits per heavy atom. The highest BCUT2D eigenvalue weighted by atomic mass is 19.4. The van der Waals surface area contributed by atoms with Crippen molar-refractivity contribution in [3.8, 4) is 0 Å². The van der Waals surface area contributed by atoms with E-state index in [-0.39, 0.29) is 18.4 Å². The molecule has 0 saturated heterocycles. The number of halogens is 3. The second-order valence-corrected chi connectivity index (χ2v) is 7.24. The summed E-state index contributed by atoms with van der Waals surface area (Å²) in [6.07, 6.45) is -1.50. The van der Waals surface area contributed by atoms with Crippen molar-refractivity contribution < 1.29 is 22.7 Å². The van der Waals surface area contributed by atoms with Gasteiger partial charge in [0.25, 0.3) is 0 Å². The molecule has 0 radical (unpaired) electrons. The van der Waals surface area contributed by atoms with Crippen molar-refractivity contribution in [3.05, 3.63) is 35.4 Å². The molecule has 0 bridgehead atoms. The minimum atomic E-state index is -4.34. The molecule has 3 nitrogen and oxygen atoms in total. The van der Waals surface area contributed by atoms with Crippen LogP contribution < -0.4 is 5.32 Å². The van der Waals surface area contributed by atoms with Gasteiger partial charge in [-0.3, -0.25) is 4.79 Å². The fourth-order valence-corrected chi connectivity index (χ4v) is 2.44. The second-order valence-electron chi connectivity index (χ2n) is 7.24. The zero-order chi connectivity index (χ0) is 18.0. The van der Waals surface area contributed by atoms with Crippen LogP contribution in [0.3, 0.4) is 0 Å². The van der Waals surface area contributed by atoms with Crippen molar-refractivity contribution in [2.45, 2.75) is 70.3 Å². The maximum Gasteiger partial charge on any atom is 0.416 e. The highest BCUT2D eigenvalue weighted by Gasteiger charge is 2.31. The fraction of sp³-hybridized carbons (Fsp3) is 0.611. The van der Waals surface area contributed by atoms with Crippen LogP contribution in [-0.2, 0) is 15.7 Å². The molecule has 0 heterocycles. The summed E-state index contributed by atoms with van der Waals surface area (Å²) >= 11 is 0. The van der Waals surface area contributed by atoms with Crippen molar-refractivity contribution >= 4 is 5.97 Å². The summed E-state index contributed by atoms with van der Waals surface area (Å²) in [5.41, 5.74) is -0.438. The number of carbonyl (C=O) groups is 1. The summed E-state index contributed by atoms with van der Waals surface area (Å²) in [7, 11) is 0. The molecule has 0 aromatic heterocycles. The number of esters is 1. The zero-order valence-corrected chi connectivity index (χ0v) is 14.2. The molecular weight excluding hydrogens is 319 g/mol. The van der Waals surface area contributed by atoms with Crippen LogP contribution in [0.25, 0.3) is 0 Å². The smallest absolute Gasteiger partial charge is 0.416 e. The Kier molecular flexibility index (Phi) is 5.58. The summed E-state index contributed by atoms with van der Waals surface area (Å²) in [6, 6.07) is 5.38. The molecule has 1 atom stereocenters. The first kappa shape index (κ1) is 18.8. The van der Waals surface area contributed by atoms with Crippen LogP contribution in [0.5, 0.6) is 0 Å². The molecule has 0 aliphatic heterocycles. The molecule has 1 aromatic carbocycles. The molecule has 0 amide bonds. The first-order valence-corrected chi connectivity index (χ1v) is 8.20. The largest absolute Gasteiger partial charge is 0.460 e. The van der Waals surface area contributed by atoms with Crippen molar-refractivity contribution in [1.29, 1.82) is 0 Å². The van der Waals surface area contributed by atoms with Crippen LogP contribution in [0.1, 0.15) is 63.6 Å². The molecule has 24 heavy (non-hydrogen) atoms. The van der Waals surface area contributed by atoms with Gasteiger partial charge >= 0.3 is 12.1 Å². The number of rotatable bonds is 6. The summed E-state index contributed by atoms with van der Waals surface area (Å²) in [5.74, 6) is -0.294. The van der Waals surface area contributed by atoms with Gasteiger partial charge in [0.15, 0.2) is 0 Å². The van der Waals surface area contributed by atoms with E-state index in [0.717, 1.165) is 30.5 Å². The average molecular weight is 343 g/mol. The Morgan fingerprint density at radius 1 is 1.21 bits per heavy atom. The molecule has 1 unspecified atom stereocenters. The second kappa shape index (κ2) is 7.13. The average Bonchev–Trinajstić information content (AvgIpc) is 3.25. The maximum absolute atomic E-state index is 12.7. The SMILES string of the molecule is CC(C)(C)OC(=O)CCC(NC1CC1)c1ccc(C(F)(F)F)cc1. The van der Waals surface area contributed by atoms with Gasteiger partial charge in [-0.2, -0.15) is 13.2 Å². The molecule has 6 heteroatoms. The Hall–Kier alpha value is -1.56. The first-order valence-electron chi connectivity index (χ1n) is 8.20. The number of hydrogen-bond acceptors (Lipinski definition) is 3. The van der Waals surface area contributed by atoms with Gasteiger partial charge in [0.1, 0.15) is 5.60 Å². The van der Waals surface area contributed by atoms with E-state index in [9.17, 15) is 18.0 Å². The number of ether oxygens (including phenoxy) is 1. The minimum Gasteiger partial charge on any atom is -0.460 e. The third kappa shape index (κ3) is 6.15. The van der Waals surface area contributed by atoms with Gasteiger partial charge in [0.05, 0.1) is 5.56 Å². The molecule has 0 spiro atoms. The summed E-state index contributed by atoms with van der Waals surface area (Å²) < 4.78 is 43.3. The Bertz CT molecular complexity index is 557. The maximum atomic E-state index is 12.7. The number of hydrogen-bond donors (Lipinski definition) is 1. The van der Waals surface area contributed by atoms with Gasteiger partial charge < -0.3 is 10.1 Å². The molecule has 1 aliphatic carbocycles. The minimum absolute atomic E-state index is 0.146. The molecule has 1 fully saturated rings. The topological polar surface area (TPSA) is 38.3 Å². The van der Waals surface area contributed by atoms with Gasteiger partial charge in [-0.15, -0.1) is 0 Å². The lowest BCUT2D eigenvalue weighted by Crippen LogP contribution is -2.27. The van der Waals surface area contributed by atoms with Crippen molar-refractivity contribution in [2.24, 2.45) is 0 Å². The van der Waals surface area contributed by atoms with E-state index in [1.54, 1.807) is 20.8 Å². The summed E-state index contributed by atoms with van der Waals surface area (Å²) in [5, 5.41) is 3.39. The van der Waals surface area contributed by atoms with Crippen LogP contribution in [-0.4, -0.2) is 17.6 Å². The number of benzene rings is 1. The van der Waals surface area contributed by atoms with E-state index in [0.29, 0.717) is 12.5 Å².